The van der Waals surface area contributed by atoms with E-state index in [0.717, 1.165) is 34.2 Å². The number of pyridine rings is 2. The van der Waals surface area contributed by atoms with Gasteiger partial charge in [0.25, 0.3) is 20.2 Å². The largest absolute Gasteiger partial charge is 0.343 e. The van der Waals surface area contributed by atoms with E-state index in [2.05, 4.69) is 37.7 Å². The first-order valence-electron chi connectivity index (χ1n) is 12.8. The molecule has 39 heavy (non-hydrogen) atoms. The summed E-state index contributed by atoms with van der Waals surface area (Å²) in [6.45, 7) is 9.04. The molecule has 210 valence electrons. The maximum absolute atomic E-state index is 11.3. The summed E-state index contributed by atoms with van der Waals surface area (Å²) in [7, 11) is -8.15. The summed E-state index contributed by atoms with van der Waals surface area (Å²) in [5.74, 6) is -0.670. The maximum Gasteiger partial charge on any atom is 0.265 e. The summed E-state index contributed by atoms with van der Waals surface area (Å²) in [6, 6.07) is 7.59. The lowest BCUT2D eigenvalue weighted by molar-refractivity contribution is -0.437. The predicted molar refractivity (Wildman–Crippen MR) is 151 cm³/mol. The highest BCUT2D eigenvalue weighted by Gasteiger charge is 2.46. The Morgan fingerprint density at radius 3 is 2.18 bits per heavy atom. The van der Waals surface area contributed by atoms with Gasteiger partial charge in [0.2, 0.25) is 5.69 Å². The molecule has 12 heteroatoms. The molecule has 0 fully saturated rings. The molecule has 0 spiro atoms. The molecule has 0 amide bonds. The molecule has 2 aromatic rings. The fourth-order valence-electron chi connectivity index (χ4n) is 5.49. The molecule has 4 rings (SSSR count). The van der Waals surface area contributed by atoms with Crippen molar-refractivity contribution in [1.29, 1.82) is 0 Å². The zero-order valence-corrected chi connectivity index (χ0v) is 24.2. The van der Waals surface area contributed by atoms with Gasteiger partial charge in [0, 0.05) is 48.6 Å². The van der Waals surface area contributed by atoms with Crippen molar-refractivity contribution in [3.05, 3.63) is 72.0 Å². The van der Waals surface area contributed by atoms with Crippen molar-refractivity contribution in [2.45, 2.75) is 51.4 Å². The van der Waals surface area contributed by atoms with E-state index >= 15 is 0 Å². The molecule has 2 aliphatic rings. The topological polar surface area (TPSA) is 141 Å². The first-order chi connectivity index (χ1) is 18.1. The lowest BCUT2D eigenvalue weighted by Crippen LogP contribution is -2.29. The van der Waals surface area contributed by atoms with E-state index in [-0.39, 0.29) is 24.3 Å². The summed E-state index contributed by atoms with van der Waals surface area (Å²) in [6.07, 6.45) is 9.89. The van der Waals surface area contributed by atoms with Crippen LogP contribution in [0.3, 0.4) is 0 Å². The van der Waals surface area contributed by atoms with Gasteiger partial charge in [0.1, 0.15) is 12.2 Å². The highest BCUT2D eigenvalue weighted by atomic mass is 32.2. The van der Waals surface area contributed by atoms with Gasteiger partial charge >= 0.3 is 0 Å². The van der Waals surface area contributed by atoms with Crippen molar-refractivity contribution in [3.63, 3.8) is 0 Å². The first kappa shape index (κ1) is 29.1. The minimum Gasteiger partial charge on any atom is -0.343 e. The second-order valence-electron chi connectivity index (χ2n) is 10.9. The molecule has 0 aromatic carbocycles. The SMILES string of the molecule is CC1(C)C(/C=C/C=C2/N(CCCS(=O)(=O)O)c3cccnc3C2(C)C)=[N+](CCCS(=O)(=O)O)c2cccnc21. The normalized spacial score (nSPS) is 19.2. The molecule has 0 saturated heterocycles. The molecule has 0 atom stereocenters. The zero-order valence-electron chi connectivity index (χ0n) is 22.6. The fourth-order valence-corrected chi connectivity index (χ4v) is 6.48. The molecule has 0 bridgehead atoms. The number of fused-ring (bicyclic) bond motifs is 2. The molecule has 2 aromatic heterocycles. The van der Waals surface area contributed by atoms with Crippen LogP contribution in [0.15, 0.2) is 60.6 Å². The Bertz CT molecular complexity index is 1570. The van der Waals surface area contributed by atoms with Crippen molar-refractivity contribution in [1.82, 2.24) is 9.97 Å². The Hall–Kier alpha value is -2.93. The highest BCUT2D eigenvalue weighted by Crippen LogP contribution is 2.46. The van der Waals surface area contributed by atoms with Crippen LogP contribution < -0.4 is 4.90 Å². The molecule has 0 aliphatic carbocycles. The summed E-state index contributed by atoms with van der Waals surface area (Å²) >= 11 is 0. The van der Waals surface area contributed by atoms with Gasteiger partial charge in [0.05, 0.1) is 28.3 Å². The smallest absolute Gasteiger partial charge is 0.265 e. The maximum atomic E-state index is 11.3. The van der Waals surface area contributed by atoms with Crippen molar-refractivity contribution < 1.29 is 30.5 Å². The van der Waals surface area contributed by atoms with Crippen LogP contribution in [-0.2, 0) is 31.1 Å². The van der Waals surface area contributed by atoms with Gasteiger partial charge in [-0.25, -0.2) is 0 Å². The first-order valence-corrected chi connectivity index (χ1v) is 16.0. The Kier molecular flexibility index (Phi) is 7.87. The van der Waals surface area contributed by atoms with Gasteiger partial charge in [-0.05, 0) is 58.4 Å². The molecule has 2 aliphatic heterocycles. The van der Waals surface area contributed by atoms with Crippen molar-refractivity contribution in [2.75, 3.05) is 29.5 Å². The van der Waals surface area contributed by atoms with Gasteiger partial charge in [-0.3, -0.25) is 19.1 Å². The van der Waals surface area contributed by atoms with E-state index in [4.69, 9.17) is 0 Å². The third-order valence-electron chi connectivity index (χ3n) is 7.28. The van der Waals surface area contributed by atoms with E-state index in [1.807, 2.05) is 52.0 Å². The minimum absolute atomic E-state index is 0.247. The summed E-state index contributed by atoms with van der Waals surface area (Å²) in [5, 5.41) is 0. The minimum atomic E-state index is -4.07. The van der Waals surface area contributed by atoms with Crippen LogP contribution in [0, 0.1) is 0 Å². The van der Waals surface area contributed by atoms with Gasteiger partial charge in [-0.15, -0.1) is 0 Å². The predicted octanol–water partition coefficient (Wildman–Crippen LogP) is 3.65. The lowest BCUT2D eigenvalue weighted by atomic mass is 9.84. The standard InChI is InChI=1S/C27H34N4O6S2/c1-26(2)22(30(16-8-18-38(32,33)34)20-10-6-14-28-24(20)26)12-5-13-23-27(3,4)25-21(11-7-15-29-25)31(23)17-9-19-39(35,36)37/h5-7,10-15H,8-9,16-19H2,1-4H3,(H-,32,33,34,35,36,37)/p+1. The van der Waals surface area contributed by atoms with Gasteiger partial charge in [-0.1, -0.05) is 6.08 Å². The monoisotopic (exact) mass is 575 g/mol. The summed E-state index contributed by atoms with van der Waals surface area (Å²) in [4.78, 5) is 11.3. The Morgan fingerprint density at radius 1 is 0.897 bits per heavy atom. The Morgan fingerprint density at radius 2 is 1.51 bits per heavy atom. The summed E-state index contributed by atoms with van der Waals surface area (Å²) in [5.41, 5.74) is 4.54. The van der Waals surface area contributed by atoms with Crippen LogP contribution in [0.2, 0.25) is 0 Å². The van der Waals surface area contributed by atoms with Gasteiger partial charge in [-0.2, -0.15) is 21.4 Å². The third-order valence-corrected chi connectivity index (χ3v) is 8.89. The van der Waals surface area contributed by atoms with E-state index in [1.54, 1.807) is 12.4 Å². The number of anilines is 1. The van der Waals surface area contributed by atoms with Crippen molar-refractivity contribution >= 4 is 37.3 Å². The Labute approximate surface area is 230 Å². The van der Waals surface area contributed by atoms with Crippen LogP contribution in [-0.4, -0.2) is 70.8 Å². The van der Waals surface area contributed by atoms with Gasteiger partial charge < -0.3 is 4.90 Å². The quantitative estimate of drug-likeness (QED) is 0.321. The molecule has 10 nitrogen and oxygen atoms in total. The van der Waals surface area contributed by atoms with Crippen LogP contribution >= 0.6 is 0 Å². The van der Waals surface area contributed by atoms with Gasteiger partial charge in [0.15, 0.2) is 5.71 Å². The number of rotatable bonds is 10. The van der Waals surface area contributed by atoms with Crippen molar-refractivity contribution in [2.24, 2.45) is 0 Å². The third kappa shape index (κ3) is 6.13. The molecular weight excluding hydrogens is 540 g/mol. The number of allylic oxidation sites excluding steroid dienone is 4. The van der Waals surface area contributed by atoms with E-state index in [0.29, 0.717) is 13.1 Å². The lowest BCUT2D eigenvalue weighted by Gasteiger charge is -2.26. The van der Waals surface area contributed by atoms with E-state index in [1.165, 1.54) is 0 Å². The van der Waals surface area contributed by atoms with Crippen LogP contribution in [0.5, 0.6) is 0 Å². The van der Waals surface area contributed by atoms with Crippen LogP contribution in [0.25, 0.3) is 0 Å². The summed E-state index contributed by atoms with van der Waals surface area (Å²) < 4.78 is 65.8. The molecule has 0 saturated carbocycles. The molecule has 0 radical (unpaired) electrons. The second kappa shape index (κ2) is 10.6. The highest BCUT2D eigenvalue weighted by molar-refractivity contribution is 7.86. The number of nitrogens with zero attached hydrogens (tertiary/aromatic N) is 4. The zero-order chi connectivity index (χ0) is 28.6. The molecule has 0 unspecified atom stereocenters. The van der Waals surface area contributed by atoms with Crippen molar-refractivity contribution in [3.8, 4) is 0 Å². The fraction of sp³-hybridized carbons (Fsp3) is 0.444. The average Bonchev–Trinajstić information content (AvgIpc) is 3.18. The van der Waals surface area contributed by atoms with Crippen LogP contribution in [0.4, 0.5) is 11.4 Å². The Balaban J connectivity index is 1.71. The number of hydrogen-bond acceptors (Lipinski definition) is 7. The van der Waals surface area contributed by atoms with E-state index < -0.39 is 31.1 Å². The number of aromatic nitrogens is 2. The molecular formula is C27H35N4O6S2+. The van der Waals surface area contributed by atoms with E-state index in [9.17, 15) is 25.9 Å². The average molecular weight is 576 g/mol. The van der Waals surface area contributed by atoms with Crippen LogP contribution in [0.1, 0.15) is 51.9 Å². The molecule has 4 heterocycles. The molecule has 2 N–H and O–H groups in total. The number of hydrogen-bond donors (Lipinski definition) is 2. The second-order valence-corrected chi connectivity index (χ2v) is 14.0.